The second-order valence-electron chi connectivity index (χ2n) is 4.27. The Hall–Kier alpha value is -2.58. The Kier molecular flexibility index (Phi) is 3.94. The summed E-state index contributed by atoms with van der Waals surface area (Å²) in [6.45, 7) is 0. The van der Waals surface area contributed by atoms with E-state index in [4.69, 9.17) is 0 Å². The van der Waals surface area contributed by atoms with Crippen LogP contribution >= 0.6 is 22.7 Å². The predicted molar refractivity (Wildman–Crippen MR) is 86.5 cm³/mol. The molecule has 0 aliphatic rings. The molecule has 2 aromatic heterocycles. The standard InChI is InChI=1S/C14H9N3O3S2/c18-13(12-2-1-7-21-12)16-14-15-11(8-22-14)9-3-5-10(6-4-9)17(19)20/h1-8H,(H,15,16,18). The molecule has 0 aliphatic carbocycles. The van der Waals surface area contributed by atoms with Crippen molar-refractivity contribution in [3.05, 3.63) is 62.1 Å². The molecule has 3 aromatic rings. The quantitative estimate of drug-likeness (QED) is 0.577. The Morgan fingerprint density at radius 2 is 1.95 bits per heavy atom. The summed E-state index contributed by atoms with van der Waals surface area (Å²) < 4.78 is 0. The fourth-order valence-corrected chi connectivity index (χ4v) is 3.12. The number of thiazole rings is 1. The number of carbonyl (C=O) groups excluding carboxylic acids is 1. The molecule has 0 aliphatic heterocycles. The van der Waals surface area contributed by atoms with Gasteiger partial charge in [0, 0.05) is 23.1 Å². The van der Waals surface area contributed by atoms with Gasteiger partial charge in [-0.1, -0.05) is 6.07 Å². The number of non-ortho nitro benzene ring substituents is 1. The molecule has 0 unspecified atom stereocenters. The molecule has 0 saturated carbocycles. The van der Waals surface area contributed by atoms with Crippen molar-refractivity contribution in [3.63, 3.8) is 0 Å². The van der Waals surface area contributed by atoms with Crippen LogP contribution in [0.3, 0.4) is 0 Å². The first-order chi connectivity index (χ1) is 10.6. The third-order valence-electron chi connectivity index (χ3n) is 2.84. The number of nitro groups is 1. The Balaban J connectivity index is 1.76. The number of rotatable bonds is 4. The average molecular weight is 331 g/mol. The molecular formula is C14H9N3O3S2. The van der Waals surface area contributed by atoms with E-state index in [1.807, 2.05) is 11.4 Å². The zero-order valence-corrected chi connectivity index (χ0v) is 12.7. The summed E-state index contributed by atoms with van der Waals surface area (Å²) in [6.07, 6.45) is 0. The Labute approximate surface area is 133 Å². The number of carbonyl (C=O) groups is 1. The zero-order chi connectivity index (χ0) is 15.5. The molecule has 0 fully saturated rings. The van der Waals surface area contributed by atoms with Gasteiger partial charge in [0.05, 0.1) is 15.5 Å². The molecule has 1 aromatic carbocycles. The predicted octanol–water partition coefficient (Wildman–Crippen LogP) is 4.03. The van der Waals surface area contributed by atoms with E-state index in [0.29, 0.717) is 15.7 Å². The molecule has 0 radical (unpaired) electrons. The Bertz CT molecular complexity index is 810. The van der Waals surface area contributed by atoms with Gasteiger partial charge in [-0.05, 0) is 23.6 Å². The first kappa shape index (κ1) is 14.4. The largest absolute Gasteiger partial charge is 0.297 e. The lowest BCUT2D eigenvalue weighted by Gasteiger charge is -1.98. The lowest BCUT2D eigenvalue weighted by molar-refractivity contribution is -0.384. The number of amides is 1. The van der Waals surface area contributed by atoms with Gasteiger partial charge < -0.3 is 0 Å². The molecule has 1 amide bonds. The zero-order valence-electron chi connectivity index (χ0n) is 11.1. The van der Waals surface area contributed by atoms with Gasteiger partial charge in [0.1, 0.15) is 0 Å². The van der Waals surface area contributed by atoms with Crippen molar-refractivity contribution in [1.29, 1.82) is 0 Å². The lowest BCUT2D eigenvalue weighted by Crippen LogP contribution is -2.09. The summed E-state index contributed by atoms with van der Waals surface area (Å²) in [5.74, 6) is -0.195. The molecule has 3 rings (SSSR count). The number of benzene rings is 1. The van der Waals surface area contributed by atoms with Crippen LogP contribution in [0, 0.1) is 10.1 Å². The number of nitrogens with zero attached hydrogens (tertiary/aromatic N) is 2. The maximum Gasteiger partial charge on any atom is 0.269 e. The van der Waals surface area contributed by atoms with Crippen molar-refractivity contribution in [1.82, 2.24) is 4.98 Å². The summed E-state index contributed by atoms with van der Waals surface area (Å²) in [7, 11) is 0. The minimum absolute atomic E-state index is 0.0326. The van der Waals surface area contributed by atoms with Crippen LogP contribution in [-0.2, 0) is 0 Å². The highest BCUT2D eigenvalue weighted by atomic mass is 32.1. The summed E-state index contributed by atoms with van der Waals surface area (Å²) in [4.78, 5) is 27.1. The minimum atomic E-state index is -0.447. The Morgan fingerprint density at radius 1 is 1.18 bits per heavy atom. The Morgan fingerprint density at radius 3 is 2.59 bits per heavy atom. The third kappa shape index (κ3) is 3.02. The smallest absolute Gasteiger partial charge is 0.269 e. The van der Waals surface area contributed by atoms with Crippen molar-refractivity contribution in [2.75, 3.05) is 5.32 Å². The summed E-state index contributed by atoms with van der Waals surface area (Å²) >= 11 is 2.67. The van der Waals surface area contributed by atoms with Crippen LogP contribution in [-0.4, -0.2) is 15.8 Å². The minimum Gasteiger partial charge on any atom is -0.297 e. The number of nitro benzene ring substituents is 1. The number of nitrogens with one attached hydrogen (secondary N) is 1. The monoisotopic (exact) mass is 331 g/mol. The van der Waals surface area contributed by atoms with E-state index in [9.17, 15) is 14.9 Å². The van der Waals surface area contributed by atoms with E-state index >= 15 is 0 Å². The van der Waals surface area contributed by atoms with E-state index in [0.717, 1.165) is 5.56 Å². The van der Waals surface area contributed by atoms with E-state index in [1.54, 1.807) is 23.6 Å². The number of thiophene rings is 1. The second kappa shape index (κ2) is 6.04. The van der Waals surface area contributed by atoms with Crippen LogP contribution in [0.5, 0.6) is 0 Å². The van der Waals surface area contributed by atoms with Gasteiger partial charge in [0.25, 0.3) is 11.6 Å². The molecule has 1 N–H and O–H groups in total. The molecule has 6 nitrogen and oxygen atoms in total. The lowest BCUT2D eigenvalue weighted by atomic mass is 10.1. The molecular weight excluding hydrogens is 322 g/mol. The van der Waals surface area contributed by atoms with E-state index < -0.39 is 4.92 Å². The number of hydrogen-bond acceptors (Lipinski definition) is 6. The van der Waals surface area contributed by atoms with Crippen molar-refractivity contribution < 1.29 is 9.72 Å². The molecule has 0 spiro atoms. The van der Waals surface area contributed by atoms with Gasteiger partial charge in [-0.25, -0.2) is 4.98 Å². The van der Waals surface area contributed by atoms with Crippen LogP contribution in [0.25, 0.3) is 11.3 Å². The van der Waals surface area contributed by atoms with Crippen LogP contribution in [0.2, 0.25) is 0 Å². The van der Waals surface area contributed by atoms with Crippen molar-refractivity contribution >= 4 is 39.4 Å². The van der Waals surface area contributed by atoms with Gasteiger partial charge in [0.2, 0.25) is 0 Å². The average Bonchev–Trinajstić information content (AvgIpc) is 3.19. The molecule has 110 valence electrons. The highest BCUT2D eigenvalue weighted by Crippen LogP contribution is 2.27. The van der Waals surface area contributed by atoms with Gasteiger partial charge >= 0.3 is 0 Å². The first-order valence-electron chi connectivity index (χ1n) is 6.19. The fraction of sp³-hybridized carbons (Fsp3) is 0. The summed E-state index contributed by atoms with van der Waals surface area (Å²) in [5.41, 5.74) is 1.46. The SMILES string of the molecule is O=C(Nc1nc(-c2ccc([N+](=O)[O-])cc2)cs1)c1cccs1. The molecule has 0 saturated heterocycles. The summed E-state index contributed by atoms with van der Waals surface area (Å²) in [5, 5.41) is 17.5. The molecule has 2 heterocycles. The summed E-state index contributed by atoms with van der Waals surface area (Å²) in [6, 6.07) is 9.68. The van der Waals surface area contributed by atoms with E-state index in [2.05, 4.69) is 10.3 Å². The molecule has 0 bridgehead atoms. The van der Waals surface area contributed by atoms with Gasteiger partial charge in [-0.2, -0.15) is 0 Å². The van der Waals surface area contributed by atoms with Crippen molar-refractivity contribution in [2.24, 2.45) is 0 Å². The maximum atomic E-state index is 11.9. The van der Waals surface area contributed by atoms with Crippen LogP contribution < -0.4 is 5.32 Å². The number of aromatic nitrogens is 1. The van der Waals surface area contributed by atoms with Crippen molar-refractivity contribution in [3.8, 4) is 11.3 Å². The molecule has 22 heavy (non-hydrogen) atoms. The fourth-order valence-electron chi connectivity index (χ4n) is 1.78. The number of anilines is 1. The topological polar surface area (TPSA) is 85.1 Å². The normalized spacial score (nSPS) is 10.4. The molecule has 0 atom stereocenters. The van der Waals surface area contributed by atoms with Gasteiger partial charge in [0.15, 0.2) is 5.13 Å². The second-order valence-corrected chi connectivity index (χ2v) is 6.08. The molecule has 8 heteroatoms. The third-order valence-corrected chi connectivity index (χ3v) is 4.47. The van der Waals surface area contributed by atoms with E-state index in [1.165, 1.54) is 34.8 Å². The first-order valence-corrected chi connectivity index (χ1v) is 7.94. The van der Waals surface area contributed by atoms with Crippen LogP contribution in [0.1, 0.15) is 9.67 Å². The van der Waals surface area contributed by atoms with E-state index in [-0.39, 0.29) is 11.6 Å². The van der Waals surface area contributed by atoms with Gasteiger partial charge in [-0.15, -0.1) is 22.7 Å². The number of hydrogen-bond donors (Lipinski definition) is 1. The van der Waals surface area contributed by atoms with Crippen LogP contribution in [0.4, 0.5) is 10.8 Å². The maximum absolute atomic E-state index is 11.9. The van der Waals surface area contributed by atoms with Gasteiger partial charge in [-0.3, -0.25) is 20.2 Å². The van der Waals surface area contributed by atoms with Crippen LogP contribution in [0.15, 0.2) is 47.2 Å². The highest BCUT2D eigenvalue weighted by molar-refractivity contribution is 7.14. The highest BCUT2D eigenvalue weighted by Gasteiger charge is 2.11. The van der Waals surface area contributed by atoms with Crippen molar-refractivity contribution in [2.45, 2.75) is 0 Å².